The summed E-state index contributed by atoms with van der Waals surface area (Å²) in [6.45, 7) is 6.06. The van der Waals surface area contributed by atoms with Crippen molar-refractivity contribution >= 4 is 28.9 Å². The molecule has 0 aliphatic heterocycles. The third-order valence-corrected chi connectivity index (χ3v) is 4.57. The van der Waals surface area contributed by atoms with Gasteiger partial charge in [0.1, 0.15) is 5.69 Å². The maximum atomic E-state index is 12.8. The first-order chi connectivity index (χ1) is 14.1. The first-order valence-electron chi connectivity index (χ1n) is 9.60. The summed E-state index contributed by atoms with van der Waals surface area (Å²) in [7, 11) is 0. The number of carbonyl (C=O) groups excluding carboxylic acids is 2. The normalized spacial score (nSPS) is 10.3. The molecule has 3 rings (SSSR count). The number of hydrogen-bond acceptors (Lipinski definition) is 4. The first kappa shape index (κ1) is 20.1. The van der Waals surface area contributed by atoms with Crippen molar-refractivity contribution in [1.82, 2.24) is 4.98 Å². The molecule has 0 unspecified atom stereocenters. The molecule has 2 aromatic carbocycles. The van der Waals surface area contributed by atoms with Crippen LogP contribution in [0.3, 0.4) is 0 Å². The number of pyridine rings is 1. The van der Waals surface area contributed by atoms with E-state index in [2.05, 4.69) is 34.4 Å². The van der Waals surface area contributed by atoms with Gasteiger partial charge in [0.2, 0.25) is 0 Å². The van der Waals surface area contributed by atoms with Crippen molar-refractivity contribution in [3.63, 3.8) is 0 Å². The van der Waals surface area contributed by atoms with Crippen LogP contribution in [0.1, 0.15) is 34.7 Å². The lowest BCUT2D eigenvalue weighted by Gasteiger charge is -2.21. The summed E-state index contributed by atoms with van der Waals surface area (Å²) in [5.74, 6) is -0.660. The summed E-state index contributed by atoms with van der Waals surface area (Å²) in [5, 5.41) is 5.65. The van der Waals surface area contributed by atoms with E-state index in [0.717, 1.165) is 18.8 Å². The second-order valence-electron chi connectivity index (χ2n) is 6.39. The minimum Gasteiger partial charge on any atom is -0.372 e. The van der Waals surface area contributed by atoms with Crippen LogP contribution in [-0.2, 0) is 0 Å². The fourth-order valence-electron chi connectivity index (χ4n) is 3.02. The van der Waals surface area contributed by atoms with E-state index in [9.17, 15) is 9.59 Å². The predicted molar refractivity (Wildman–Crippen MR) is 117 cm³/mol. The Hall–Kier alpha value is -3.67. The summed E-state index contributed by atoms with van der Waals surface area (Å²) < 4.78 is 0. The highest BCUT2D eigenvalue weighted by Crippen LogP contribution is 2.21. The molecule has 3 aromatic rings. The van der Waals surface area contributed by atoms with Crippen LogP contribution in [0.15, 0.2) is 72.9 Å². The van der Waals surface area contributed by atoms with Crippen LogP contribution in [0, 0.1) is 0 Å². The number of carbonyl (C=O) groups is 2. The second kappa shape index (κ2) is 9.50. The Morgan fingerprint density at radius 2 is 1.52 bits per heavy atom. The highest BCUT2D eigenvalue weighted by Gasteiger charge is 2.15. The van der Waals surface area contributed by atoms with E-state index < -0.39 is 0 Å². The molecule has 6 nitrogen and oxygen atoms in total. The molecule has 0 spiro atoms. The van der Waals surface area contributed by atoms with Gasteiger partial charge in [-0.2, -0.15) is 0 Å². The molecule has 0 atom stereocenters. The molecular weight excluding hydrogens is 364 g/mol. The van der Waals surface area contributed by atoms with Crippen LogP contribution in [0.4, 0.5) is 17.1 Å². The van der Waals surface area contributed by atoms with Crippen LogP contribution in [-0.4, -0.2) is 29.9 Å². The summed E-state index contributed by atoms with van der Waals surface area (Å²) in [5.41, 5.74) is 2.90. The molecule has 148 valence electrons. The van der Waals surface area contributed by atoms with Crippen molar-refractivity contribution in [1.29, 1.82) is 0 Å². The maximum absolute atomic E-state index is 12.8. The standard InChI is InChI=1S/C23H24N4O2/c1-3-27(4-2)18-14-12-17(13-15-18)25-22(28)19-9-5-6-10-20(19)26-23(29)21-11-7-8-16-24-21/h5-16H,3-4H2,1-2H3,(H,25,28)(H,26,29). The van der Waals surface area contributed by atoms with E-state index in [4.69, 9.17) is 0 Å². The molecule has 0 aliphatic rings. The van der Waals surface area contributed by atoms with Gasteiger partial charge in [0.25, 0.3) is 11.8 Å². The third kappa shape index (κ3) is 4.99. The van der Waals surface area contributed by atoms with E-state index in [1.807, 2.05) is 24.3 Å². The molecule has 0 fully saturated rings. The molecule has 1 aromatic heterocycles. The van der Waals surface area contributed by atoms with E-state index in [1.165, 1.54) is 0 Å². The number of aromatic nitrogens is 1. The predicted octanol–water partition coefficient (Wildman–Crippen LogP) is 4.43. The van der Waals surface area contributed by atoms with Gasteiger partial charge in [-0.25, -0.2) is 0 Å². The van der Waals surface area contributed by atoms with Gasteiger partial charge in [0.15, 0.2) is 0 Å². The smallest absolute Gasteiger partial charge is 0.274 e. The van der Waals surface area contributed by atoms with Crippen molar-refractivity contribution in [2.24, 2.45) is 0 Å². The SMILES string of the molecule is CCN(CC)c1ccc(NC(=O)c2ccccc2NC(=O)c2ccccn2)cc1. The Bertz CT molecular complexity index is 968. The fourth-order valence-corrected chi connectivity index (χ4v) is 3.02. The van der Waals surface area contributed by atoms with Crippen LogP contribution in [0.5, 0.6) is 0 Å². The average Bonchev–Trinajstić information content (AvgIpc) is 2.76. The number of hydrogen-bond donors (Lipinski definition) is 2. The van der Waals surface area contributed by atoms with Gasteiger partial charge < -0.3 is 15.5 Å². The highest BCUT2D eigenvalue weighted by molar-refractivity contribution is 6.12. The van der Waals surface area contributed by atoms with Crippen LogP contribution >= 0.6 is 0 Å². The van der Waals surface area contributed by atoms with Gasteiger partial charge in [-0.1, -0.05) is 18.2 Å². The molecule has 0 bridgehead atoms. The van der Waals surface area contributed by atoms with Crippen molar-refractivity contribution in [3.8, 4) is 0 Å². The zero-order valence-corrected chi connectivity index (χ0v) is 16.6. The van der Waals surface area contributed by atoms with E-state index in [1.54, 1.807) is 48.7 Å². The van der Waals surface area contributed by atoms with Crippen molar-refractivity contribution in [3.05, 3.63) is 84.2 Å². The fraction of sp³-hybridized carbons (Fsp3) is 0.174. The molecular formula is C23H24N4O2. The molecule has 0 aliphatic carbocycles. The minimum atomic E-state index is -0.366. The van der Waals surface area contributed by atoms with Gasteiger partial charge in [-0.05, 0) is 62.4 Å². The zero-order valence-electron chi connectivity index (χ0n) is 16.6. The number of nitrogens with one attached hydrogen (secondary N) is 2. The Morgan fingerprint density at radius 3 is 2.17 bits per heavy atom. The van der Waals surface area contributed by atoms with Gasteiger partial charge >= 0.3 is 0 Å². The quantitative estimate of drug-likeness (QED) is 0.628. The molecule has 1 heterocycles. The molecule has 6 heteroatoms. The summed E-state index contributed by atoms with van der Waals surface area (Å²) in [6, 6.07) is 19.7. The molecule has 0 radical (unpaired) electrons. The highest BCUT2D eigenvalue weighted by atomic mass is 16.2. The number of amides is 2. The van der Waals surface area contributed by atoms with Gasteiger partial charge in [-0.3, -0.25) is 14.6 Å². The summed E-state index contributed by atoms with van der Waals surface area (Å²) in [4.78, 5) is 31.5. The van der Waals surface area contributed by atoms with Crippen molar-refractivity contribution < 1.29 is 9.59 Å². The van der Waals surface area contributed by atoms with Crippen LogP contribution in [0.2, 0.25) is 0 Å². The topological polar surface area (TPSA) is 74.3 Å². The Kier molecular flexibility index (Phi) is 6.58. The van der Waals surface area contributed by atoms with Gasteiger partial charge in [-0.15, -0.1) is 0 Å². The van der Waals surface area contributed by atoms with E-state index in [-0.39, 0.29) is 17.5 Å². The third-order valence-electron chi connectivity index (χ3n) is 4.57. The second-order valence-corrected chi connectivity index (χ2v) is 6.39. The number of nitrogens with zero attached hydrogens (tertiary/aromatic N) is 2. The maximum Gasteiger partial charge on any atom is 0.274 e. The van der Waals surface area contributed by atoms with Gasteiger partial charge in [0.05, 0.1) is 11.3 Å². The zero-order chi connectivity index (χ0) is 20.6. The molecule has 2 N–H and O–H groups in total. The first-order valence-corrected chi connectivity index (χ1v) is 9.60. The average molecular weight is 388 g/mol. The number of rotatable bonds is 7. The number of para-hydroxylation sites is 1. The lowest BCUT2D eigenvalue weighted by Crippen LogP contribution is -2.21. The Balaban J connectivity index is 1.74. The summed E-state index contributed by atoms with van der Waals surface area (Å²) in [6.07, 6.45) is 1.55. The lowest BCUT2D eigenvalue weighted by molar-refractivity contribution is 0.102. The number of benzene rings is 2. The van der Waals surface area contributed by atoms with Crippen LogP contribution < -0.4 is 15.5 Å². The Labute approximate surface area is 170 Å². The van der Waals surface area contributed by atoms with Crippen molar-refractivity contribution in [2.75, 3.05) is 28.6 Å². The molecule has 2 amide bonds. The van der Waals surface area contributed by atoms with Gasteiger partial charge in [0, 0.05) is 30.7 Å². The Morgan fingerprint density at radius 1 is 0.828 bits per heavy atom. The molecule has 0 saturated heterocycles. The lowest BCUT2D eigenvalue weighted by atomic mass is 10.1. The van der Waals surface area contributed by atoms with Crippen LogP contribution in [0.25, 0.3) is 0 Å². The summed E-state index contributed by atoms with van der Waals surface area (Å²) >= 11 is 0. The van der Waals surface area contributed by atoms with E-state index >= 15 is 0 Å². The van der Waals surface area contributed by atoms with Crippen molar-refractivity contribution in [2.45, 2.75) is 13.8 Å². The largest absolute Gasteiger partial charge is 0.372 e. The van der Waals surface area contributed by atoms with E-state index in [0.29, 0.717) is 16.9 Å². The monoisotopic (exact) mass is 388 g/mol. The molecule has 29 heavy (non-hydrogen) atoms. The molecule has 0 saturated carbocycles. The number of anilines is 3. The minimum absolute atomic E-state index is 0.287.